The lowest BCUT2D eigenvalue weighted by Crippen LogP contribution is -2.18. The van der Waals surface area contributed by atoms with E-state index in [1.807, 2.05) is 20.8 Å². The van der Waals surface area contributed by atoms with Gasteiger partial charge >= 0.3 is 6.18 Å². The molecule has 1 aromatic rings. The van der Waals surface area contributed by atoms with E-state index in [9.17, 15) is 13.2 Å². The van der Waals surface area contributed by atoms with Crippen LogP contribution in [0.5, 0.6) is 0 Å². The second kappa shape index (κ2) is 5.05. The van der Waals surface area contributed by atoms with E-state index >= 15 is 0 Å². The molecule has 6 heteroatoms. The molecule has 1 aliphatic rings. The maximum Gasteiger partial charge on any atom is 0.434 e. The zero-order valence-electron chi connectivity index (χ0n) is 11.4. The summed E-state index contributed by atoms with van der Waals surface area (Å²) < 4.78 is 38.9. The van der Waals surface area contributed by atoms with Gasteiger partial charge in [-0.05, 0) is 18.3 Å². The van der Waals surface area contributed by atoms with Crippen molar-refractivity contribution in [3.8, 4) is 0 Å². The Labute approximate surface area is 115 Å². The lowest BCUT2D eigenvalue weighted by molar-refractivity contribution is -0.141. The van der Waals surface area contributed by atoms with E-state index in [2.05, 4.69) is 10.3 Å². The fraction of sp³-hybridized carbons (Fsp3) is 0.769. The van der Waals surface area contributed by atoms with Crippen molar-refractivity contribution in [1.29, 1.82) is 0 Å². The number of aromatic nitrogens is 1. The first-order valence-electron chi connectivity index (χ1n) is 6.44. The maximum absolute atomic E-state index is 13.0. The van der Waals surface area contributed by atoms with E-state index < -0.39 is 11.9 Å². The van der Waals surface area contributed by atoms with Crippen molar-refractivity contribution in [2.24, 2.45) is 5.41 Å². The SMILES string of the molecule is CC(C)(C)Cc1nc(C(F)(F)F)c(CNC2CC2)s1. The summed E-state index contributed by atoms with van der Waals surface area (Å²) in [4.78, 5) is 4.14. The molecule has 1 aromatic heterocycles. The Morgan fingerprint density at radius 1 is 1.26 bits per heavy atom. The van der Waals surface area contributed by atoms with Crippen LogP contribution in [-0.4, -0.2) is 11.0 Å². The molecule has 0 amide bonds. The zero-order valence-corrected chi connectivity index (χ0v) is 12.2. The number of rotatable bonds is 4. The van der Waals surface area contributed by atoms with E-state index in [4.69, 9.17) is 0 Å². The summed E-state index contributed by atoms with van der Waals surface area (Å²) in [7, 11) is 0. The number of nitrogens with zero attached hydrogens (tertiary/aromatic N) is 1. The molecule has 1 fully saturated rings. The molecular formula is C13H19F3N2S. The summed E-state index contributed by atoms with van der Waals surface area (Å²) in [6.45, 7) is 6.29. The fourth-order valence-electron chi connectivity index (χ4n) is 1.80. The van der Waals surface area contributed by atoms with Crippen molar-refractivity contribution in [1.82, 2.24) is 10.3 Å². The smallest absolute Gasteiger partial charge is 0.309 e. The van der Waals surface area contributed by atoms with Crippen LogP contribution in [0.2, 0.25) is 0 Å². The Kier molecular flexibility index (Phi) is 3.93. The van der Waals surface area contributed by atoms with Gasteiger partial charge in [0.05, 0.1) is 9.88 Å². The van der Waals surface area contributed by atoms with Gasteiger partial charge in [0.2, 0.25) is 0 Å². The normalized spacial score (nSPS) is 16.9. The number of halogens is 3. The van der Waals surface area contributed by atoms with Gasteiger partial charge in [-0.2, -0.15) is 13.2 Å². The van der Waals surface area contributed by atoms with Crippen LogP contribution < -0.4 is 5.32 Å². The Morgan fingerprint density at radius 2 is 1.89 bits per heavy atom. The van der Waals surface area contributed by atoms with E-state index in [-0.39, 0.29) is 12.0 Å². The molecule has 2 rings (SSSR count). The Morgan fingerprint density at radius 3 is 2.37 bits per heavy atom. The van der Waals surface area contributed by atoms with Gasteiger partial charge in [0, 0.05) is 19.0 Å². The van der Waals surface area contributed by atoms with Gasteiger partial charge < -0.3 is 5.32 Å². The van der Waals surface area contributed by atoms with Crippen molar-refractivity contribution in [2.75, 3.05) is 0 Å². The first-order valence-corrected chi connectivity index (χ1v) is 7.26. The lowest BCUT2D eigenvalue weighted by Gasteiger charge is -2.15. The summed E-state index contributed by atoms with van der Waals surface area (Å²) in [5, 5.41) is 3.71. The Balaban J connectivity index is 2.17. The van der Waals surface area contributed by atoms with Crippen LogP contribution >= 0.6 is 11.3 Å². The molecule has 1 aliphatic carbocycles. The van der Waals surface area contributed by atoms with Crippen LogP contribution in [0.1, 0.15) is 49.2 Å². The Bertz CT molecular complexity index is 442. The van der Waals surface area contributed by atoms with Crippen molar-refractivity contribution in [3.05, 3.63) is 15.6 Å². The van der Waals surface area contributed by atoms with Gasteiger partial charge in [-0.3, -0.25) is 0 Å². The number of thiazole rings is 1. The summed E-state index contributed by atoms with van der Waals surface area (Å²) in [5.41, 5.74) is -0.757. The van der Waals surface area contributed by atoms with Gasteiger partial charge in [0.1, 0.15) is 0 Å². The van der Waals surface area contributed by atoms with Gasteiger partial charge in [0.15, 0.2) is 5.69 Å². The highest BCUT2D eigenvalue weighted by molar-refractivity contribution is 7.11. The highest BCUT2D eigenvalue weighted by Gasteiger charge is 2.38. The summed E-state index contributed by atoms with van der Waals surface area (Å²) >= 11 is 1.19. The van der Waals surface area contributed by atoms with Gasteiger partial charge in [-0.15, -0.1) is 11.3 Å². The first-order chi connectivity index (χ1) is 8.65. The molecule has 0 spiro atoms. The number of alkyl halides is 3. The van der Waals surface area contributed by atoms with Crippen molar-refractivity contribution >= 4 is 11.3 Å². The molecule has 0 bridgehead atoms. The summed E-state index contributed by atoms with van der Waals surface area (Å²) in [6, 6.07) is 0.397. The Hall–Kier alpha value is -0.620. The van der Waals surface area contributed by atoms with Crippen molar-refractivity contribution in [2.45, 2.75) is 58.8 Å². The molecule has 0 saturated heterocycles. The monoisotopic (exact) mass is 292 g/mol. The third kappa shape index (κ3) is 4.45. The first kappa shape index (κ1) is 14.8. The highest BCUT2D eigenvalue weighted by Crippen LogP contribution is 2.36. The van der Waals surface area contributed by atoms with Crippen LogP contribution in [0, 0.1) is 5.41 Å². The average molecular weight is 292 g/mol. The lowest BCUT2D eigenvalue weighted by atomic mass is 9.93. The van der Waals surface area contributed by atoms with E-state index in [0.29, 0.717) is 22.3 Å². The average Bonchev–Trinajstić information content (AvgIpc) is 2.94. The van der Waals surface area contributed by atoms with Gasteiger partial charge in [0.25, 0.3) is 0 Å². The van der Waals surface area contributed by atoms with E-state index in [0.717, 1.165) is 12.8 Å². The molecule has 19 heavy (non-hydrogen) atoms. The summed E-state index contributed by atoms with van der Waals surface area (Å²) in [6.07, 6.45) is -1.65. The van der Waals surface area contributed by atoms with Crippen LogP contribution in [0.3, 0.4) is 0 Å². The minimum Gasteiger partial charge on any atom is -0.309 e. The van der Waals surface area contributed by atoms with Crippen LogP contribution in [0.25, 0.3) is 0 Å². The fourth-order valence-corrected chi connectivity index (χ4v) is 3.14. The van der Waals surface area contributed by atoms with E-state index in [1.165, 1.54) is 11.3 Å². The van der Waals surface area contributed by atoms with Crippen LogP contribution in [0.15, 0.2) is 0 Å². The zero-order chi connectivity index (χ0) is 14.3. The second-order valence-electron chi connectivity index (χ2n) is 6.27. The standard InChI is InChI=1S/C13H19F3N2S/c1-12(2,3)6-10-18-11(13(14,15)16)9(19-10)7-17-8-4-5-8/h8,17H,4-7H2,1-3H3. The minimum atomic E-state index is -4.35. The maximum atomic E-state index is 13.0. The minimum absolute atomic E-state index is 0.0537. The van der Waals surface area contributed by atoms with Crippen LogP contribution in [-0.2, 0) is 19.1 Å². The largest absolute Gasteiger partial charge is 0.434 e. The topological polar surface area (TPSA) is 24.9 Å². The number of nitrogens with one attached hydrogen (secondary N) is 1. The third-order valence-electron chi connectivity index (χ3n) is 2.82. The van der Waals surface area contributed by atoms with Crippen molar-refractivity contribution in [3.63, 3.8) is 0 Å². The predicted molar refractivity (Wildman–Crippen MR) is 70.1 cm³/mol. The van der Waals surface area contributed by atoms with Crippen LogP contribution in [0.4, 0.5) is 13.2 Å². The molecule has 1 N–H and O–H groups in total. The molecule has 1 heterocycles. The molecule has 0 aliphatic heterocycles. The molecule has 108 valence electrons. The number of hydrogen-bond donors (Lipinski definition) is 1. The summed E-state index contributed by atoms with van der Waals surface area (Å²) in [5.74, 6) is 0. The van der Waals surface area contributed by atoms with Gasteiger partial charge in [-0.25, -0.2) is 4.98 Å². The molecule has 1 saturated carbocycles. The number of hydrogen-bond acceptors (Lipinski definition) is 3. The molecule has 2 nitrogen and oxygen atoms in total. The van der Waals surface area contributed by atoms with Gasteiger partial charge in [-0.1, -0.05) is 20.8 Å². The molecule has 0 aromatic carbocycles. The quantitative estimate of drug-likeness (QED) is 0.907. The second-order valence-corrected chi connectivity index (χ2v) is 7.44. The van der Waals surface area contributed by atoms with Crippen molar-refractivity contribution < 1.29 is 13.2 Å². The highest BCUT2D eigenvalue weighted by atomic mass is 32.1. The molecular weight excluding hydrogens is 273 g/mol. The molecule has 0 radical (unpaired) electrons. The predicted octanol–water partition coefficient (Wildman–Crippen LogP) is 4.00. The third-order valence-corrected chi connectivity index (χ3v) is 3.88. The van der Waals surface area contributed by atoms with E-state index in [1.54, 1.807) is 0 Å². The molecule has 0 unspecified atom stereocenters. The molecule has 0 atom stereocenters.